The number of rotatable bonds is 28. The zero-order chi connectivity index (χ0) is 48.4. The van der Waals surface area contributed by atoms with Crippen LogP contribution in [0.2, 0.25) is 0 Å². The van der Waals surface area contributed by atoms with Crippen molar-refractivity contribution in [3.8, 4) is 0 Å². The number of H-pyrrole nitrogens is 2. The van der Waals surface area contributed by atoms with Crippen LogP contribution in [0.5, 0.6) is 0 Å². The van der Waals surface area contributed by atoms with Crippen molar-refractivity contribution in [1.82, 2.24) is 19.9 Å². The standard InChI is InChI=1S/C56H88N12/c1-5-9-13-17-21-25-29-61-49-37-50(62-30-26-22-18-14-10-6-2)54-39-53(49)65-45-35-46(42(58)33-41(45)57)67-55-40-56(68-48-36-47(66-54)43(59)34-44(48)60)52(64-32-28-24-20-16-12-8-4)38-51(55)63-31-27-23-19-15-11-7-3/h33-36,39-40,65,67H,5-32,37-38,57-60H2,1-4H3. The third-order valence-electron chi connectivity index (χ3n) is 13.1. The molecular formula is C56H88N12. The summed E-state index contributed by atoms with van der Waals surface area (Å²) in [5.41, 5.74) is 38.5. The number of nitrogens with one attached hydrogen (secondary N) is 2. The molecule has 0 unspecified atom stereocenters. The van der Waals surface area contributed by atoms with Crippen LogP contribution in [0.3, 0.4) is 0 Å². The number of hydrogen-bond acceptors (Lipinski definition) is 10. The molecule has 0 fully saturated rings. The van der Waals surface area contributed by atoms with E-state index in [4.69, 9.17) is 52.9 Å². The smallest absolute Gasteiger partial charge is 0.0890 e. The molecule has 0 saturated heterocycles. The van der Waals surface area contributed by atoms with Crippen LogP contribution in [0.1, 0.15) is 217 Å². The quantitative estimate of drug-likeness (QED) is 0.0308. The van der Waals surface area contributed by atoms with E-state index in [0.29, 0.717) is 57.7 Å². The molecule has 0 saturated carbocycles. The summed E-state index contributed by atoms with van der Waals surface area (Å²) in [4.78, 5) is 38.9. The molecule has 3 aromatic rings. The van der Waals surface area contributed by atoms with Crippen molar-refractivity contribution in [2.24, 2.45) is 20.0 Å². The number of nitrogens with two attached hydrogens (primary N) is 4. The first kappa shape index (κ1) is 53.7. The maximum absolute atomic E-state index is 6.81. The topological polar surface area (TPSA) is 211 Å². The first-order valence-electron chi connectivity index (χ1n) is 26.9. The van der Waals surface area contributed by atoms with Crippen LogP contribution < -0.4 is 22.9 Å². The molecule has 2 aliphatic carbocycles. The second-order valence-electron chi connectivity index (χ2n) is 19.1. The average Bonchev–Trinajstić information content (AvgIpc) is 3.32. The number of hydrogen-bond donors (Lipinski definition) is 6. The number of anilines is 4. The van der Waals surface area contributed by atoms with Gasteiger partial charge in [-0.05, 0) is 62.1 Å². The van der Waals surface area contributed by atoms with E-state index in [-0.39, 0.29) is 0 Å². The van der Waals surface area contributed by atoms with E-state index in [0.717, 1.165) is 123 Å². The minimum atomic E-state index is 0.468. The number of aromatic nitrogens is 4. The first-order valence-corrected chi connectivity index (χ1v) is 26.9. The minimum absolute atomic E-state index is 0.468. The second-order valence-corrected chi connectivity index (χ2v) is 19.1. The third kappa shape index (κ3) is 17.7. The van der Waals surface area contributed by atoms with Gasteiger partial charge < -0.3 is 32.9 Å². The maximum Gasteiger partial charge on any atom is 0.0890 e. The molecule has 0 radical (unpaired) electrons. The molecule has 5 rings (SSSR count). The number of benzene rings is 2. The lowest BCUT2D eigenvalue weighted by Gasteiger charge is -2.17. The van der Waals surface area contributed by atoms with Gasteiger partial charge in [-0.15, -0.1) is 0 Å². The fourth-order valence-corrected chi connectivity index (χ4v) is 8.89. The Balaban J connectivity index is 1.74. The van der Waals surface area contributed by atoms with Crippen LogP contribution in [0, 0.1) is 0 Å². The molecule has 1 heterocycles. The normalized spacial score (nSPS) is 15.5. The summed E-state index contributed by atoms with van der Waals surface area (Å²) < 4.78 is 0. The van der Waals surface area contributed by atoms with Gasteiger partial charge in [0.2, 0.25) is 0 Å². The highest BCUT2D eigenvalue weighted by Gasteiger charge is 2.21. The summed E-state index contributed by atoms with van der Waals surface area (Å²) in [5.74, 6) is 0. The van der Waals surface area contributed by atoms with E-state index in [1.807, 2.05) is 18.2 Å². The van der Waals surface area contributed by atoms with Crippen LogP contribution in [0.15, 0.2) is 56.4 Å². The second kappa shape index (κ2) is 30.3. The molecule has 0 atom stereocenters. The Hall–Kier alpha value is -5.26. The SMILES string of the molecule is CCCCCCCCN=C1CC(=NCCCCCCCC)c2cc1nc1cc(nc3cc([nH]c4cc([nH]2)c(N)cc4N)C(=NCCCCCCCC)CC3=NCCCCCCCC)c(N)cc1N. The summed E-state index contributed by atoms with van der Waals surface area (Å²) in [6.07, 6.45) is 29.8. The lowest BCUT2D eigenvalue weighted by molar-refractivity contribution is 0.612. The van der Waals surface area contributed by atoms with Crippen LogP contribution >= 0.6 is 0 Å². The highest BCUT2D eigenvalue weighted by molar-refractivity contribution is 6.21. The highest BCUT2D eigenvalue weighted by atomic mass is 14.9. The van der Waals surface area contributed by atoms with Crippen molar-refractivity contribution in [3.05, 3.63) is 59.2 Å². The summed E-state index contributed by atoms with van der Waals surface area (Å²) in [5, 5.41) is 0. The van der Waals surface area contributed by atoms with E-state index in [1.165, 1.54) is 103 Å². The number of nitrogen functional groups attached to an aromatic ring is 4. The molecule has 0 aliphatic heterocycles. The lowest BCUT2D eigenvalue weighted by atomic mass is 9.99. The minimum Gasteiger partial charge on any atom is -0.397 e. The van der Waals surface area contributed by atoms with Crippen LogP contribution in [0.4, 0.5) is 22.7 Å². The Morgan fingerprint density at radius 1 is 0.368 bits per heavy atom. The Morgan fingerprint density at radius 3 is 1.03 bits per heavy atom. The molecule has 2 aromatic carbocycles. The van der Waals surface area contributed by atoms with E-state index in [9.17, 15) is 0 Å². The molecule has 10 N–H and O–H groups in total. The van der Waals surface area contributed by atoms with Crippen molar-refractivity contribution in [3.63, 3.8) is 0 Å². The molecule has 12 heteroatoms. The van der Waals surface area contributed by atoms with Gasteiger partial charge in [-0.1, -0.05) is 156 Å². The molecule has 68 heavy (non-hydrogen) atoms. The number of fused-ring (bicyclic) bond motifs is 8. The third-order valence-corrected chi connectivity index (χ3v) is 13.1. The Morgan fingerprint density at radius 2 is 0.676 bits per heavy atom. The summed E-state index contributed by atoms with van der Waals surface area (Å²) in [6.45, 7) is 11.9. The van der Waals surface area contributed by atoms with Crippen molar-refractivity contribution >= 4 is 67.7 Å². The van der Waals surface area contributed by atoms with Crippen LogP contribution in [0.25, 0.3) is 22.1 Å². The predicted molar refractivity (Wildman–Crippen MR) is 296 cm³/mol. The van der Waals surface area contributed by atoms with Crippen LogP contribution in [-0.4, -0.2) is 69.0 Å². The number of aliphatic imine (C=N–C) groups is 4. The Labute approximate surface area is 409 Å². The fraction of sp³-hybridized carbons (Fsp3) is 0.607. The monoisotopic (exact) mass is 929 g/mol. The summed E-state index contributed by atoms with van der Waals surface area (Å²) in [6, 6.07) is 11.6. The predicted octanol–water partition coefficient (Wildman–Crippen LogP) is 14.0. The van der Waals surface area contributed by atoms with Gasteiger partial charge in [0.15, 0.2) is 0 Å². The first-order chi connectivity index (χ1) is 33.2. The van der Waals surface area contributed by atoms with Crippen molar-refractivity contribution in [2.75, 3.05) is 49.1 Å². The van der Waals surface area contributed by atoms with E-state index in [2.05, 4.69) is 49.8 Å². The van der Waals surface area contributed by atoms with E-state index < -0.39 is 0 Å². The van der Waals surface area contributed by atoms with Gasteiger partial charge in [0.05, 0.1) is 90.4 Å². The van der Waals surface area contributed by atoms with E-state index >= 15 is 0 Å². The largest absolute Gasteiger partial charge is 0.397 e. The van der Waals surface area contributed by atoms with Gasteiger partial charge in [-0.25, -0.2) is 9.97 Å². The Bertz CT molecular complexity index is 2020. The van der Waals surface area contributed by atoms with Gasteiger partial charge >= 0.3 is 0 Å². The summed E-state index contributed by atoms with van der Waals surface area (Å²) >= 11 is 0. The highest BCUT2D eigenvalue weighted by Crippen LogP contribution is 2.26. The van der Waals surface area contributed by atoms with Crippen molar-refractivity contribution in [2.45, 2.75) is 195 Å². The van der Waals surface area contributed by atoms with Crippen molar-refractivity contribution in [1.29, 1.82) is 0 Å². The van der Waals surface area contributed by atoms with Crippen molar-refractivity contribution < 1.29 is 0 Å². The molecule has 0 spiro atoms. The fourth-order valence-electron chi connectivity index (χ4n) is 8.89. The number of unbranched alkanes of at least 4 members (excludes halogenated alkanes) is 20. The molecule has 1 aromatic heterocycles. The van der Waals surface area contributed by atoms with Gasteiger partial charge in [-0.2, -0.15) is 0 Å². The zero-order valence-corrected chi connectivity index (χ0v) is 42.7. The van der Waals surface area contributed by atoms with Gasteiger partial charge in [0, 0.05) is 39.0 Å². The molecule has 8 bridgehead atoms. The lowest BCUT2D eigenvalue weighted by Crippen LogP contribution is -2.20. The molecular weight excluding hydrogens is 841 g/mol. The number of aromatic amines is 2. The van der Waals surface area contributed by atoms with Gasteiger partial charge in [0.1, 0.15) is 0 Å². The Kier molecular flexibility index (Phi) is 23.9. The molecule has 12 nitrogen and oxygen atoms in total. The van der Waals surface area contributed by atoms with Gasteiger partial charge in [-0.3, -0.25) is 20.0 Å². The number of nitrogens with zero attached hydrogens (tertiary/aromatic N) is 6. The van der Waals surface area contributed by atoms with Crippen LogP contribution in [-0.2, 0) is 0 Å². The molecule has 372 valence electrons. The summed E-state index contributed by atoms with van der Waals surface area (Å²) in [7, 11) is 0. The average molecular weight is 929 g/mol. The zero-order valence-electron chi connectivity index (χ0n) is 42.7. The molecule has 2 aliphatic rings. The molecule has 0 amide bonds. The maximum atomic E-state index is 6.81. The van der Waals surface area contributed by atoms with E-state index in [1.54, 1.807) is 6.07 Å². The van der Waals surface area contributed by atoms with Gasteiger partial charge in [0.25, 0.3) is 0 Å².